The Kier molecular flexibility index (Phi) is 4.86. The van der Waals surface area contributed by atoms with Crippen molar-refractivity contribution in [2.75, 3.05) is 0 Å². The van der Waals surface area contributed by atoms with Crippen molar-refractivity contribution in [3.8, 4) is 0 Å². The monoisotopic (exact) mass is 264 g/mol. The SMILES string of the molecule is CCCC(C)c1nc(C(C)(C)C)c(C(C)(C)CC)[nH]1. The van der Waals surface area contributed by atoms with E-state index in [1.54, 1.807) is 0 Å². The molecule has 19 heavy (non-hydrogen) atoms. The first kappa shape index (κ1) is 16.3. The van der Waals surface area contributed by atoms with Crippen molar-refractivity contribution in [2.24, 2.45) is 0 Å². The number of imidazole rings is 1. The average molecular weight is 264 g/mol. The van der Waals surface area contributed by atoms with Crippen LogP contribution in [0.25, 0.3) is 0 Å². The smallest absolute Gasteiger partial charge is 0.109 e. The lowest BCUT2D eigenvalue weighted by Crippen LogP contribution is -2.23. The Morgan fingerprint density at radius 2 is 1.68 bits per heavy atom. The molecule has 0 aromatic carbocycles. The first-order valence-electron chi connectivity index (χ1n) is 7.74. The Bertz CT molecular complexity index is 407. The van der Waals surface area contributed by atoms with Gasteiger partial charge in [0.25, 0.3) is 0 Å². The van der Waals surface area contributed by atoms with Gasteiger partial charge in [0.2, 0.25) is 0 Å². The number of nitrogens with one attached hydrogen (secondary N) is 1. The summed E-state index contributed by atoms with van der Waals surface area (Å²) in [4.78, 5) is 8.61. The van der Waals surface area contributed by atoms with Crippen LogP contribution in [0.5, 0.6) is 0 Å². The van der Waals surface area contributed by atoms with Gasteiger partial charge in [-0.05, 0) is 12.8 Å². The summed E-state index contributed by atoms with van der Waals surface area (Å²) >= 11 is 0. The molecule has 0 radical (unpaired) electrons. The second-order valence-corrected chi connectivity index (χ2v) is 7.52. The van der Waals surface area contributed by atoms with E-state index in [-0.39, 0.29) is 10.8 Å². The van der Waals surface area contributed by atoms with Crippen LogP contribution in [-0.2, 0) is 10.8 Å². The zero-order valence-corrected chi connectivity index (χ0v) is 14.1. The van der Waals surface area contributed by atoms with Crippen LogP contribution in [0.4, 0.5) is 0 Å². The van der Waals surface area contributed by atoms with E-state index < -0.39 is 0 Å². The normalized spacial score (nSPS) is 14.7. The zero-order valence-electron chi connectivity index (χ0n) is 14.1. The Morgan fingerprint density at radius 1 is 1.11 bits per heavy atom. The van der Waals surface area contributed by atoms with Gasteiger partial charge >= 0.3 is 0 Å². The van der Waals surface area contributed by atoms with Crippen molar-refractivity contribution in [1.82, 2.24) is 9.97 Å². The van der Waals surface area contributed by atoms with Gasteiger partial charge in [-0.25, -0.2) is 4.98 Å². The summed E-state index contributed by atoms with van der Waals surface area (Å²) < 4.78 is 0. The summed E-state index contributed by atoms with van der Waals surface area (Å²) in [5.41, 5.74) is 2.85. The van der Waals surface area contributed by atoms with E-state index in [4.69, 9.17) is 4.98 Å². The van der Waals surface area contributed by atoms with Gasteiger partial charge in [0.1, 0.15) is 5.82 Å². The summed E-state index contributed by atoms with van der Waals surface area (Å²) in [6, 6.07) is 0. The summed E-state index contributed by atoms with van der Waals surface area (Å²) in [6.45, 7) is 18.2. The van der Waals surface area contributed by atoms with E-state index >= 15 is 0 Å². The number of aromatic nitrogens is 2. The zero-order chi connectivity index (χ0) is 14.8. The number of hydrogen-bond donors (Lipinski definition) is 1. The van der Waals surface area contributed by atoms with Crippen molar-refractivity contribution in [3.63, 3.8) is 0 Å². The molecule has 0 saturated heterocycles. The summed E-state index contributed by atoms with van der Waals surface area (Å²) in [6.07, 6.45) is 3.53. The second-order valence-electron chi connectivity index (χ2n) is 7.52. The van der Waals surface area contributed by atoms with Crippen molar-refractivity contribution in [2.45, 2.75) is 91.4 Å². The molecular formula is C17H32N2. The molecule has 2 nitrogen and oxygen atoms in total. The molecule has 0 fully saturated rings. The van der Waals surface area contributed by atoms with E-state index in [1.807, 2.05) is 0 Å². The molecule has 0 bridgehead atoms. The molecule has 1 unspecified atom stereocenters. The molecule has 0 amide bonds. The topological polar surface area (TPSA) is 28.7 Å². The number of nitrogens with zero attached hydrogens (tertiary/aromatic N) is 1. The maximum Gasteiger partial charge on any atom is 0.109 e. The van der Waals surface area contributed by atoms with Gasteiger partial charge in [-0.2, -0.15) is 0 Å². The maximum atomic E-state index is 4.96. The highest BCUT2D eigenvalue weighted by molar-refractivity contribution is 5.29. The van der Waals surface area contributed by atoms with E-state index in [1.165, 1.54) is 30.1 Å². The second kappa shape index (κ2) is 5.68. The van der Waals surface area contributed by atoms with Crippen molar-refractivity contribution >= 4 is 0 Å². The van der Waals surface area contributed by atoms with Gasteiger partial charge in [-0.1, -0.05) is 61.8 Å². The van der Waals surface area contributed by atoms with Crippen LogP contribution in [0.15, 0.2) is 0 Å². The van der Waals surface area contributed by atoms with Gasteiger partial charge in [-0.3, -0.25) is 0 Å². The molecule has 1 aromatic heterocycles. The van der Waals surface area contributed by atoms with Crippen molar-refractivity contribution < 1.29 is 0 Å². The predicted molar refractivity (Wildman–Crippen MR) is 83.9 cm³/mol. The number of rotatable bonds is 5. The Labute approximate surface area is 119 Å². The van der Waals surface area contributed by atoms with Crippen LogP contribution in [0.2, 0.25) is 0 Å². The molecule has 0 spiro atoms. The summed E-state index contributed by atoms with van der Waals surface area (Å²) in [7, 11) is 0. The maximum absolute atomic E-state index is 4.96. The largest absolute Gasteiger partial charge is 0.345 e. The molecule has 0 aliphatic rings. The first-order valence-corrected chi connectivity index (χ1v) is 7.74. The van der Waals surface area contributed by atoms with Gasteiger partial charge < -0.3 is 4.98 Å². The average Bonchev–Trinajstić information content (AvgIpc) is 2.74. The minimum atomic E-state index is 0.0997. The fraction of sp³-hybridized carbons (Fsp3) is 0.824. The lowest BCUT2D eigenvalue weighted by Gasteiger charge is -2.27. The summed E-state index contributed by atoms with van der Waals surface area (Å²) in [5, 5.41) is 0. The molecule has 0 aliphatic heterocycles. The highest BCUT2D eigenvalue weighted by Gasteiger charge is 2.31. The van der Waals surface area contributed by atoms with E-state index in [2.05, 4.69) is 60.4 Å². The molecule has 0 aliphatic carbocycles. The third kappa shape index (κ3) is 3.61. The molecule has 1 aromatic rings. The standard InChI is InChI=1S/C17H32N2/c1-9-11-12(3)15-18-13(16(4,5)6)14(19-15)17(7,8)10-2/h12H,9-11H2,1-8H3,(H,18,19). The van der Waals surface area contributed by atoms with Crippen LogP contribution in [0.3, 0.4) is 0 Å². The lowest BCUT2D eigenvalue weighted by atomic mass is 9.79. The Balaban J connectivity index is 3.29. The molecule has 1 heterocycles. The quantitative estimate of drug-likeness (QED) is 0.768. The fourth-order valence-corrected chi connectivity index (χ4v) is 2.40. The van der Waals surface area contributed by atoms with Gasteiger partial charge in [-0.15, -0.1) is 0 Å². The highest BCUT2D eigenvalue weighted by atomic mass is 15.0. The predicted octanol–water partition coefficient (Wildman–Crippen LogP) is 5.30. The first-order chi connectivity index (χ1) is 8.63. The highest BCUT2D eigenvalue weighted by Crippen LogP contribution is 2.35. The van der Waals surface area contributed by atoms with Gasteiger partial charge in [0.15, 0.2) is 0 Å². The van der Waals surface area contributed by atoms with Crippen LogP contribution in [0, 0.1) is 0 Å². The third-order valence-electron chi connectivity index (χ3n) is 4.18. The molecule has 1 N–H and O–H groups in total. The molecule has 0 saturated carbocycles. The van der Waals surface area contributed by atoms with Crippen LogP contribution in [0.1, 0.15) is 97.8 Å². The van der Waals surface area contributed by atoms with Gasteiger partial charge in [0, 0.05) is 22.4 Å². The molecule has 1 rings (SSSR count). The Morgan fingerprint density at radius 3 is 2.11 bits per heavy atom. The number of aromatic amines is 1. The van der Waals surface area contributed by atoms with E-state index in [0.717, 1.165) is 6.42 Å². The van der Waals surface area contributed by atoms with E-state index in [0.29, 0.717) is 5.92 Å². The lowest BCUT2D eigenvalue weighted by molar-refractivity contribution is 0.464. The molecular weight excluding hydrogens is 232 g/mol. The van der Waals surface area contributed by atoms with Crippen molar-refractivity contribution in [1.29, 1.82) is 0 Å². The van der Waals surface area contributed by atoms with Crippen molar-refractivity contribution in [3.05, 3.63) is 17.2 Å². The fourth-order valence-electron chi connectivity index (χ4n) is 2.40. The Hall–Kier alpha value is -0.790. The van der Waals surface area contributed by atoms with Crippen LogP contribution in [-0.4, -0.2) is 9.97 Å². The van der Waals surface area contributed by atoms with Crippen LogP contribution < -0.4 is 0 Å². The summed E-state index contributed by atoms with van der Waals surface area (Å²) in [5.74, 6) is 1.69. The molecule has 110 valence electrons. The van der Waals surface area contributed by atoms with Gasteiger partial charge in [0.05, 0.1) is 5.69 Å². The molecule has 1 atom stereocenters. The molecule has 2 heteroatoms. The van der Waals surface area contributed by atoms with E-state index in [9.17, 15) is 0 Å². The minimum Gasteiger partial charge on any atom is -0.345 e. The van der Waals surface area contributed by atoms with Crippen LogP contribution >= 0.6 is 0 Å². The minimum absolute atomic E-state index is 0.0997. The number of hydrogen-bond acceptors (Lipinski definition) is 1. The number of H-pyrrole nitrogens is 1. The third-order valence-corrected chi connectivity index (χ3v) is 4.18.